The Kier molecular flexibility index (Phi) is 8.95. The van der Waals surface area contributed by atoms with Crippen molar-refractivity contribution >= 4 is 17.6 Å². The van der Waals surface area contributed by atoms with E-state index >= 15 is 0 Å². The Morgan fingerprint density at radius 2 is 1.67 bits per heavy atom. The van der Waals surface area contributed by atoms with Gasteiger partial charge in [-0.2, -0.15) is 0 Å². The second kappa shape index (κ2) is 11.2. The van der Waals surface area contributed by atoms with Crippen LogP contribution in [-0.4, -0.2) is 33.8 Å². The van der Waals surface area contributed by atoms with Crippen molar-refractivity contribution < 1.29 is 25.1 Å². The van der Waals surface area contributed by atoms with Gasteiger partial charge in [0.2, 0.25) is 5.91 Å². The van der Waals surface area contributed by atoms with Crippen molar-refractivity contribution in [2.75, 3.05) is 5.43 Å². The van der Waals surface area contributed by atoms with Crippen LogP contribution < -0.4 is 21.4 Å². The Morgan fingerprint density at radius 1 is 1.03 bits per heavy atom. The Balaban J connectivity index is 2.01. The molecule has 0 heterocycles. The Morgan fingerprint density at radius 3 is 2.27 bits per heavy atom. The van der Waals surface area contributed by atoms with E-state index in [1.165, 1.54) is 0 Å². The van der Waals surface area contributed by atoms with Crippen LogP contribution in [0.15, 0.2) is 54.6 Å². The summed E-state index contributed by atoms with van der Waals surface area (Å²) < 4.78 is 0. The van der Waals surface area contributed by atoms with Gasteiger partial charge in [-0.3, -0.25) is 20.0 Å². The molecular formula is C24H34N4O5. The van der Waals surface area contributed by atoms with Gasteiger partial charge in [-0.1, -0.05) is 56.3 Å². The lowest BCUT2D eigenvalue weighted by Gasteiger charge is -2.41. The summed E-state index contributed by atoms with van der Waals surface area (Å²) in [5.41, 5.74) is 5.04. The number of amides is 1. The van der Waals surface area contributed by atoms with E-state index in [0.717, 1.165) is 11.1 Å². The summed E-state index contributed by atoms with van der Waals surface area (Å²) in [6.07, 6.45) is 0.581. The minimum absolute atomic E-state index is 0.221. The molecule has 6 N–H and O–H groups in total. The van der Waals surface area contributed by atoms with Crippen molar-refractivity contribution in [2.45, 2.75) is 58.7 Å². The molecule has 0 fully saturated rings. The van der Waals surface area contributed by atoms with Crippen LogP contribution >= 0.6 is 0 Å². The smallest absolute Gasteiger partial charge is 0.321 e. The zero-order chi connectivity index (χ0) is 24.6. The molecule has 2 aromatic carbocycles. The molecule has 2 atom stereocenters. The number of carboxylic acid groups (broad SMARTS) is 1. The van der Waals surface area contributed by atoms with E-state index in [4.69, 9.17) is 5.21 Å². The number of rotatable bonds is 12. The number of carbonyl (C=O) groups excluding carboxylic acids is 1. The van der Waals surface area contributed by atoms with Gasteiger partial charge in [0.1, 0.15) is 11.6 Å². The normalized spacial score (nSPS) is 13.8. The molecule has 33 heavy (non-hydrogen) atoms. The second-order valence-electron chi connectivity index (χ2n) is 9.50. The lowest BCUT2D eigenvalue weighted by atomic mass is 9.79. The van der Waals surface area contributed by atoms with Gasteiger partial charge in [-0.15, -0.1) is 0 Å². The number of quaternary nitrogens is 1. The number of aliphatic carboxylic acids is 1. The molecule has 2 rings (SSSR count). The lowest BCUT2D eigenvalue weighted by molar-refractivity contribution is -0.880. The van der Waals surface area contributed by atoms with Crippen LogP contribution in [0.2, 0.25) is 0 Å². The first-order valence-corrected chi connectivity index (χ1v) is 10.8. The number of anilines is 1. The predicted molar refractivity (Wildman–Crippen MR) is 125 cm³/mol. The van der Waals surface area contributed by atoms with Crippen LogP contribution in [0.4, 0.5) is 5.69 Å². The van der Waals surface area contributed by atoms with Crippen LogP contribution in [0.25, 0.3) is 0 Å². The van der Waals surface area contributed by atoms with Crippen LogP contribution in [0.3, 0.4) is 0 Å². The number of hydroxylamine groups is 2. The molecule has 0 aliphatic rings. The molecule has 9 heteroatoms. The van der Waals surface area contributed by atoms with E-state index < -0.39 is 28.9 Å². The largest absolute Gasteiger partial charge is 0.607 e. The highest BCUT2D eigenvalue weighted by Crippen LogP contribution is 2.26. The molecule has 0 bridgehead atoms. The highest BCUT2D eigenvalue weighted by atomic mass is 16.5. The molecule has 0 saturated heterocycles. The van der Waals surface area contributed by atoms with Gasteiger partial charge < -0.3 is 15.6 Å². The molecule has 1 amide bonds. The molecule has 0 aromatic heterocycles. The minimum atomic E-state index is -0.939. The topological polar surface area (TPSA) is 138 Å². The molecular weight excluding hydrogens is 424 g/mol. The molecule has 9 nitrogen and oxygen atoms in total. The van der Waals surface area contributed by atoms with Crippen molar-refractivity contribution in [3.8, 4) is 0 Å². The fourth-order valence-corrected chi connectivity index (χ4v) is 3.81. The molecule has 1 unspecified atom stereocenters. The summed E-state index contributed by atoms with van der Waals surface area (Å²) in [5.74, 6) is -1.49. The van der Waals surface area contributed by atoms with Crippen molar-refractivity contribution in [3.05, 3.63) is 70.9 Å². The SMILES string of the molecule is CC(C)(CC(C)(C)[NH+]([O-])Nc1cccc(CN[C@@H](Cc2ccccc2)C(=O)O)c1)C(=O)NO. The Bertz CT molecular complexity index is 933. The number of carbonyl (C=O) groups is 2. The molecule has 0 aliphatic heterocycles. The maximum atomic E-state index is 12.9. The third kappa shape index (κ3) is 7.83. The summed E-state index contributed by atoms with van der Waals surface area (Å²) in [4.78, 5) is 23.6. The number of carboxylic acids is 1. The van der Waals surface area contributed by atoms with E-state index in [0.29, 0.717) is 18.7 Å². The summed E-state index contributed by atoms with van der Waals surface area (Å²) in [5, 5.41) is 34.2. The van der Waals surface area contributed by atoms with Crippen molar-refractivity contribution in [1.82, 2.24) is 10.8 Å². The van der Waals surface area contributed by atoms with Crippen LogP contribution in [0.1, 0.15) is 45.2 Å². The van der Waals surface area contributed by atoms with E-state index in [9.17, 15) is 19.9 Å². The number of hydrogen-bond donors (Lipinski definition) is 6. The summed E-state index contributed by atoms with van der Waals surface area (Å²) in [7, 11) is 0. The highest BCUT2D eigenvalue weighted by Gasteiger charge is 2.39. The first kappa shape index (κ1) is 26.3. The molecule has 0 spiro atoms. The van der Waals surface area contributed by atoms with Crippen LogP contribution in [0.5, 0.6) is 0 Å². The number of benzene rings is 2. The van der Waals surface area contributed by atoms with Crippen molar-refractivity contribution in [3.63, 3.8) is 0 Å². The van der Waals surface area contributed by atoms with Gasteiger partial charge in [-0.25, -0.2) is 10.9 Å². The Labute approximate surface area is 194 Å². The first-order valence-electron chi connectivity index (χ1n) is 10.8. The highest BCUT2D eigenvalue weighted by molar-refractivity contribution is 5.80. The van der Waals surface area contributed by atoms with Gasteiger partial charge in [0.25, 0.3) is 0 Å². The van der Waals surface area contributed by atoms with E-state index in [2.05, 4.69) is 10.7 Å². The lowest BCUT2D eigenvalue weighted by Crippen LogP contribution is -3.18. The summed E-state index contributed by atoms with van der Waals surface area (Å²) in [6.45, 7) is 7.12. The summed E-state index contributed by atoms with van der Waals surface area (Å²) in [6, 6.07) is 15.8. The summed E-state index contributed by atoms with van der Waals surface area (Å²) >= 11 is 0. The third-order valence-electron chi connectivity index (χ3n) is 5.53. The minimum Gasteiger partial charge on any atom is -0.607 e. The average Bonchev–Trinajstić information content (AvgIpc) is 2.76. The predicted octanol–water partition coefficient (Wildman–Crippen LogP) is 1.88. The van der Waals surface area contributed by atoms with Crippen LogP contribution in [0, 0.1) is 10.6 Å². The first-order chi connectivity index (χ1) is 15.4. The maximum absolute atomic E-state index is 12.9. The number of hydrogen-bond acceptors (Lipinski definition) is 6. The Hall–Kier alpha value is -2.98. The average molecular weight is 459 g/mol. The van der Waals surface area contributed by atoms with Gasteiger partial charge in [-0.05, 0) is 43.5 Å². The maximum Gasteiger partial charge on any atom is 0.321 e. The van der Waals surface area contributed by atoms with E-state index in [-0.39, 0.29) is 11.6 Å². The quantitative estimate of drug-likeness (QED) is 0.211. The van der Waals surface area contributed by atoms with E-state index in [1.807, 2.05) is 36.4 Å². The molecule has 2 aromatic rings. The molecule has 0 radical (unpaired) electrons. The number of nitrogens with one attached hydrogen (secondary N) is 4. The van der Waals surface area contributed by atoms with Crippen LogP contribution in [-0.2, 0) is 22.6 Å². The van der Waals surface area contributed by atoms with Crippen molar-refractivity contribution in [1.29, 1.82) is 0 Å². The molecule has 0 saturated carbocycles. The van der Waals surface area contributed by atoms with Gasteiger partial charge in [0.05, 0.1) is 11.1 Å². The fraction of sp³-hybridized carbons (Fsp3) is 0.417. The van der Waals surface area contributed by atoms with Gasteiger partial charge in [0, 0.05) is 13.0 Å². The monoisotopic (exact) mass is 458 g/mol. The molecule has 180 valence electrons. The standard InChI is InChI=1S/C24H34N4O5/c1-23(2,22(31)27-32)16-24(3,4)28(33)26-19-12-8-11-18(13-19)15-25-20(21(29)30)14-17-9-6-5-7-10-17/h5-13,20,25-26,28,32H,14-16H2,1-4H3,(H,27,31)(H,29,30)/t20-/m0/s1. The zero-order valence-electron chi connectivity index (χ0n) is 19.5. The van der Waals surface area contributed by atoms with E-state index in [1.54, 1.807) is 51.4 Å². The van der Waals surface area contributed by atoms with Gasteiger partial charge >= 0.3 is 5.97 Å². The molecule has 0 aliphatic carbocycles. The fourth-order valence-electron chi connectivity index (χ4n) is 3.81. The zero-order valence-corrected chi connectivity index (χ0v) is 19.5. The third-order valence-corrected chi connectivity index (χ3v) is 5.53. The van der Waals surface area contributed by atoms with Gasteiger partial charge in [0.15, 0.2) is 0 Å². The second-order valence-corrected chi connectivity index (χ2v) is 9.50. The van der Waals surface area contributed by atoms with Crippen molar-refractivity contribution in [2.24, 2.45) is 5.41 Å².